The number of para-hydroxylation sites is 1. The molecule has 29 heavy (non-hydrogen) atoms. The van der Waals surface area contributed by atoms with Crippen LogP contribution >= 0.6 is 11.6 Å². The van der Waals surface area contributed by atoms with Crippen molar-refractivity contribution in [1.29, 1.82) is 0 Å². The third-order valence-electron chi connectivity index (χ3n) is 4.88. The van der Waals surface area contributed by atoms with Gasteiger partial charge in [-0.1, -0.05) is 37.6 Å². The van der Waals surface area contributed by atoms with Gasteiger partial charge in [-0.15, -0.1) is 0 Å². The fourth-order valence-electron chi connectivity index (χ4n) is 3.53. The lowest BCUT2D eigenvalue weighted by Crippen LogP contribution is -2.23. The van der Waals surface area contributed by atoms with Crippen LogP contribution in [-0.2, 0) is 28.4 Å². The van der Waals surface area contributed by atoms with Crippen molar-refractivity contribution in [2.75, 3.05) is 10.5 Å². The van der Waals surface area contributed by atoms with Crippen molar-refractivity contribution in [1.82, 2.24) is 9.55 Å². The van der Waals surface area contributed by atoms with Gasteiger partial charge in [0.25, 0.3) is 10.0 Å². The Bertz CT molecular complexity index is 1180. The molecule has 0 amide bonds. The molecule has 1 heterocycles. The number of aryl methyl sites for hydroxylation is 2. The molecule has 6 nitrogen and oxygen atoms in total. The van der Waals surface area contributed by atoms with E-state index in [2.05, 4.69) is 35.0 Å². The summed E-state index contributed by atoms with van der Waals surface area (Å²) >= 11 is 6.44. The first-order valence-corrected chi connectivity index (χ1v) is 11.5. The van der Waals surface area contributed by atoms with Gasteiger partial charge in [-0.25, -0.2) is 13.4 Å². The van der Waals surface area contributed by atoms with Crippen LogP contribution in [0.15, 0.2) is 35.2 Å². The first-order valence-electron chi connectivity index (χ1n) is 9.61. The average molecular weight is 435 g/mol. The second kappa shape index (κ2) is 7.54. The molecule has 0 spiro atoms. The highest BCUT2D eigenvalue weighted by atomic mass is 35.5. The second-order valence-electron chi connectivity index (χ2n) is 8.00. The Hall–Kier alpha value is -2.25. The van der Waals surface area contributed by atoms with E-state index in [1.807, 2.05) is 19.9 Å². The monoisotopic (exact) mass is 434 g/mol. The van der Waals surface area contributed by atoms with Crippen molar-refractivity contribution in [3.8, 4) is 0 Å². The van der Waals surface area contributed by atoms with Crippen LogP contribution in [0, 0.1) is 0 Å². The first kappa shape index (κ1) is 21.5. The number of nitrogens with one attached hydrogen (secondary N) is 1. The number of fused-ring (bicyclic) bond motifs is 1. The zero-order valence-corrected chi connectivity index (χ0v) is 18.9. The van der Waals surface area contributed by atoms with Gasteiger partial charge in [0, 0.05) is 12.0 Å². The minimum atomic E-state index is -3.94. The minimum absolute atomic E-state index is 0.0193. The maximum absolute atomic E-state index is 13.1. The summed E-state index contributed by atoms with van der Waals surface area (Å²) in [5.41, 5.74) is 8.95. The molecule has 0 aliphatic carbocycles. The smallest absolute Gasteiger partial charge is 0.263 e. The highest BCUT2D eigenvalue weighted by molar-refractivity contribution is 7.92. The number of nitrogens with zero attached hydrogens (tertiary/aromatic N) is 2. The molecule has 0 aliphatic rings. The van der Waals surface area contributed by atoms with Gasteiger partial charge in [0.2, 0.25) is 0 Å². The van der Waals surface area contributed by atoms with Gasteiger partial charge < -0.3 is 10.3 Å². The molecule has 3 N–H and O–H groups in total. The summed E-state index contributed by atoms with van der Waals surface area (Å²) in [4.78, 5) is 4.63. The van der Waals surface area contributed by atoms with Crippen LogP contribution in [0.2, 0.25) is 5.02 Å². The molecule has 2 aromatic carbocycles. The van der Waals surface area contributed by atoms with Crippen LogP contribution in [-0.4, -0.2) is 18.0 Å². The lowest BCUT2D eigenvalue weighted by molar-refractivity contribution is 0.395. The molecule has 3 rings (SSSR count). The molecule has 3 aromatic rings. The number of sulfonamides is 1. The first-order chi connectivity index (χ1) is 13.5. The number of hydrogen-bond donors (Lipinski definition) is 2. The number of nitrogens with two attached hydrogens (primary N) is 1. The quantitative estimate of drug-likeness (QED) is 0.555. The van der Waals surface area contributed by atoms with Crippen LogP contribution in [0.1, 0.15) is 46.0 Å². The summed E-state index contributed by atoms with van der Waals surface area (Å²) in [5.74, 6) is 0.881. The maximum atomic E-state index is 13.1. The van der Waals surface area contributed by atoms with Gasteiger partial charge in [0.15, 0.2) is 0 Å². The van der Waals surface area contributed by atoms with E-state index in [0.29, 0.717) is 23.3 Å². The Morgan fingerprint density at radius 1 is 1.17 bits per heavy atom. The molecule has 0 fully saturated rings. The number of hydrogen-bond acceptors (Lipinski definition) is 4. The summed E-state index contributed by atoms with van der Waals surface area (Å²) in [5, 5.41) is 0.142. The van der Waals surface area contributed by atoms with Crippen molar-refractivity contribution in [2.24, 2.45) is 0 Å². The van der Waals surface area contributed by atoms with Crippen LogP contribution in [0.25, 0.3) is 11.0 Å². The van der Waals surface area contributed by atoms with Gasteiger partial charge in [-0.05, 0) is 51.0 Å². The molecule has 8 heteroatoms. The summed E-state index contributed by atoms with van der Waals surface area (Å²) < 4.78 is 30.9. The second-order valence-corrected chi connectivity index (χ2v) is 10.1. The van der Waals surface area contributed by atoms with Crippen molar-refractivity contribution < 1.29 is 8.42 Å². The topological polar surface area (TPSA) is 90.0 Å². The summed E-state index contributed by atoms with van der Waals surface area (Å²) in [7, 11) is -3.94. The Balaban J connectivity index is 2.13. The fourth-order valence-corrected chi connectivity index (χ4v) is 5.15. The van der Waals surface area contributed by atoms with Gasteiger partial charge in [0.05, 0.1) is 27.4 Å². The standard InChI is InChI=1S/C21H27ClN4O2S/c1-6-13-9-8-10-15(20(13)23)25-29(27,28)18-12-16-17(11-14(18)22)26(21(3,4)5)19(7-2)24-16/h8-12,25H,6-7,23H2,1-5H3. The Labute approximate surface area is 177 Å². The molecule has 0 radical (unpaired) electrons. The highest BCUT2D eigenvalue weighted by Crippen LogP contribution is 2.33. The molecule has 156 valence electrons. The zero-order chi connectivity index (χ0) is 21.6. The van der Waals surface area contributed by atoms with Crippen LogP contribution in [0.5, 0.6) is 0 Å². The molecule has 0 saturated carbocycles. The molecule has 1 aromatic heterocycles. The average Bonchev–Trinajstić information content (AvgIpc) is 3.00. The summed E-state index contributed by atoms with van der Waals surface area (Å²) in [6.07, 6.45) is 1.43. The molecule has 0 aliphatic heterocycles. The minimum Gasteiger partial charge on any atom is -0.397 e. The van der Waals surface area contributed by atoms with Crippen molar-refractivity contribution in [3.05, 3.63) is 46.7 Å². The van der Waals surface area contributed by atoms with E-state index in [1.165, 1.54) is 6.07 Å². The highest BCUT2D eigenvalue weighted by Gasteiger charge is 2.25. The summed E-state index contributed by atoms with van der Waals surface area (Å²) in [6.45, 7) is 10.2. The van der Waals surface area contributed by atoms with Crippen molar-refractivity contribution >= 4 is 44.0 Å². The lowest BCUT2D eigenvalue weighted by atomic mass is 10.1. The zero-order valence-electron chi connectivity index (χ0n) is 17.4. The Morgan fingerprint density at radius 2 is 1.86 bits per heavy atom. The number of benzene rings is 2. The molecule has 0 bridgehead atoms. The van der Waals surface area contributed by atoms with E-state index in [9.17, 15) is 8.42 Å². The van der Waals surface area contributed by atoms with Gasteiger partial charge >= 0.3 is 0 Å². The number of nitrogen functional groups attached to an aromatic ring is 1. The molecule has 0 unspecified atom stereocenters. The van der Waals surface area contributed by atoms with Gasteiger partial charge in [-0.3, -0.25) is 4.72 Å². The molecule has 0 atom stereocenters. The molecular weight excluding hydrogens is 408 g/mol. The number of imidazole rings is 1. The van der Waals surface area contributed by atoms with Gasteiger partial charge in [-0.2, -0.15) is 0 Å². The van der Waals surface area contributed by atoms with Crippen molar-refractivity contribution in [2.45, 2.75) is 57.9 Å². The van der Waals surface area contributed by atoms with E-state index in [-0.39, 0.29) is 15.5 Å². The van der Waals surface area contributed by atoms with Crippen LogP contribution < -0.4 is 10.5 Å². The van der Waals surface area contributed by atoms with E-state index >= 15 is 0 Å². The summed E-state index contributed by atoms with van der Waals surface area (Å²) in [6, 6.07) is 8.49. The SMILES string of the molecule is CCc1cccc(NS(=O)(=O)c2cc3nc(CC)n(C(C)(C)C)c3cc2Cl)c1N. The van der Waals surface area contributed by atoms with Crippen molar-refractivity contribution in [3.63, 3.8) is 0 Å². The van der Waals surface area contributed by atoms with Crippen LogP contribution in [0.3, 0.4) is 0 Å². The predicted molar refractivity (Wildman–Crippen MR) is 120 cm³/mol. The predicted octanol–water partition coefficient (Wildman–Crippen LogP) is 4.95. The maximum Gasteiger partial charge on any atom is 0.263 e. The largest absolute Gasteiger partial charge is 0.397 e. The number of aromatic nitrogens is 2. The normalized spacial score (nSPS) is 12.5. The van der Waals surface area contributed by atoms with E-state index < -0.39 is 10.0 Å². The number of rotatable bonds is 5. The third kappa shape index (κ3) is 3.94. The van der Waals surface area contributed by atoms with Crippen LogP contribution in [0.4, 0.5) is 11.4 Å². The van der Waals surface area contributed by atoms with E-state index in [1.54, 1.807) is 18.2 Å². The molecule has 0 saturated heterocycles. The number of halogens is 1. The number of anilines is 2. The Kier molecular flexibility index (Phi) is 5.58. The fraction of sp³-hybridized carbons (Fsp3) is 0.381. The molecular formula is C21H27ClN4O2S. The van der Waals surface area contributed by atoms with Gasteiger partial charge in [0.1, 0.15) is 10.7 Å². The third-order valence-corrected chi connectivity index (χ3v) is 6.71. The van der Waals surface area contributed by atoms with E-state index in [4.69, 9.17) is 17.3 Å². The van der Waals surface area contributed by atoms with E-state index in [0.717, 1.165) is 23.3 Å². The lowest BCUT2D eigenvalue weighted by Gasteiger charge is -2.24. The Morgan fingerprint density at radius 3 is 2.45 bits per heavy atom.